The molecular weight excluding hydrogens is 200 g/mol. The Hall–Kier alpha value is -0.570. The molecule has 2 N–H and O–H groups in total. The van der Waals surface area contributed by atoms with Gasteiger partial charge in [-0.3, -0.25) is 4.79 Å². The standard InChI is InChI=1S/C13H26N2O/c1-2-3-4-5-6-7-8-13(16)15-11-12-9-14-10-12/h12,14H,2-11H2,1H3,(H,15,16). The zero-order valence-electron chi connectivity index (χ0n) is 10.6. The number of amides is 1. The second-order valence-electron chi connectivity index (χ2n) is 4.85. The number of nitrogens with one attached hydrogen (secondary N) is 2. The minimum absolute atomic E-state index is 0.238. The van der Waals surface area contributed by atoms with Gasteiger partial charge >= 0.3 is 0 Å². The van der Waals surface area contributed by atoms with E-state index in [0.29, 0.717) is 12.3 Å². The van der Waals surface area contributed by atoms with Crippen LogP contribution in [0.15, 0.2) is 0 Å². The SMILES string of the molecule is CCCCCCCCC(=O)NCC1CNC1. The quantitative estimate of drug-likeness (QED) is 0.591. The number of hydrogen-bond acceptors (Lipinski definition) is 2. The molecule has 94 valence electrons. The van der Waals surface area contributed by atoms with E-state index in [2.05, 4.69) is 17.6 Å². The summed E-state index contributed by atoms with van der Waals surface area (Å²) in [6, 6.07) is 0. The highest BCUT2D eigenvalue weighted by atomic mass is 16.1. The smallest absolute Gasteiger partial charge is 0.220 e. The van der Waals surface area contributed by atoms with Gasteiger partial charge in [0.15, 0.2) is 0 Å². The first-order valence-electron chi connectivity index (χ1n) is 6.80. The minimum Gasteiger partial charge on any atom is -0.356 e. The minimum atomic E-state index is 0.238. The molecule has 3 heteroatoms. The number of carbonyl (C=O) groups is 1. The van der Waals surface area contributed by atoms with Crippen LogP contribution in [0.2, 0.25) is 0 Å². The fourth-order valence-corrected chi connectivity index (χ4v) is 1.91. The van der Waals surface area contributed by atoms with E-state index >= 15 is 0 Å². The zero-order valence-corrected chi connectivity index (χ0v) is 10.6. The molecule has 0 unspecified atom stereocenters. The Labute approximate surface area is 99.4 Å². The van der Waals surface area contributed by atoms with Crippen LogP contribution in [-0.2, 0) is 4.79 Å². The summed E-state index contributed by atoms with van der Waals surface area (Å²) in [5.41, 5.74) is 0. The Morgan fingerprint density at radius 3 is 2.50 bits per heavy atom. The lowest BCUT2D eigenvalue weighted by Crippen LogP contribution is -2.48. The van der Waals surface area contributed by atoms with E-state index in [1.807, 2.05) is 0 Å². The summed E-state index contributed by atoms with van der Waals surface area (Å²) >= 11 is 0. The highest BCUT2D eigenvalue weighted by Gasteiger charge is 2.16. The topological polar surface area (TPSA) is 41.1 Å². The van der Waals surface area contributed by atoms with Gasteiger partial charge in [0.1, 0.15) is 0 Å². The molecule has 1 heterocycles. The van der Waals surface area contributed by atoms with Crippen molar-refractivity contribution in [1.82, 2.24) is 10.6 Å². The van der Waals surface area contributed by atoms with Crippen LogP contribution >= 0.6 is 0 Å². The van der Waals surface area contributed by atoms with Gasteiger partial charge in [-0.15, -0.1) is 0 Å². The third-order valence-corrected chi connectivity index (χ3v) is 3.21. The van der Waals surface area contributed by atoms with Crippen molar-refractivity contribution in [2.75, 3.05) is 19.6 Å². The molecule has 0 aromatic carbocycles. The number of hydrogen-bond donors (Lipinski definition) is 2. The van der Waals surface area contributed by atoms with Crippen molar-refractivity contribution in [2.45, 2.75) is 51.9 Å². The van der Waals surface area contributed by atoms with Crippen molar-refractivity contribution in [3.63, 3.8) is 0 Å². The predicted octanol–water partition coefficient (Wildman–Crippen LogP) is 2.07. The lowest BCUT2D eigenvalue weighted by atomic mass is 10.0. The zero-order chi connectivity index (χ0) is 11.6. The summed E-state index contributed by atoms with van der Waals surface area (Å²) in [6.07, 6.45) is 8.21. The number of unbranched alkanes of at least 4 members (excludes halogenated alkanes) is 5. The third-order valence-electron chi connectivity index (χ3n) is 3.21. The van der Waals surface area contributed by atoms with Crippen LogP contribution in [0.5, 0.6) is 0 Å². The highest BCUT2D eigenvalue weighted by Crippen LogP contribution is 2.07. The number of rotatable bonds is 9. The van der Waals surface area contributed by atoms with Crippen molar-refractivity contribution in [3.05, 3.63) is 0 Å². The number of carbonyl (C=O) groups excluding carboxylic acids is 1. The molecular formula is C13H26N2O. The molecule has 0 radical (unpaired) electrons. The summed E-state index contributed by atoms with van der Waals surface area (Å²) < 4.78 is 0. The van der Waals surface area contributed by atoms with Gasteiger partial charge in [-0.2, -0.15) is 0 Å². The van der Waals surface area contributed by atoms with Crippen molar-refractivity contribution < 1.29 is 4.79 Å². The molecule has 0 aromatic rings. The van der Waals surface area contributed by atoms with Crippen molar-refractivity contribution >= 4 is 5.91 Å². The molecule has 1 aliphatic heterocycles. The largest absolute Gasteiger partial charge is 0.356 e. The molecule has 1 rings (SSSR count). The first kappa shape index (κ1) is 13.5. The average molecular weight is 226 g/mol. The molecule has 0 aliphatic carbocycles. The lowest BCUT2D eigenvalue weighted by Gasteiger charge is -2.27. The predicted molar refractivity (Wildman–Crippen MR) is 67.4 cm³/mol. The van der Waals surface area contributed by atoms with E-state index < -0.39 is 0 Å². The first-order valence-corrected chi connectivity index (χ1v) is 6.80. The van der Waals surface area contributed by atoms with Crippen LogP contribution in [0.1, 0.15) is 51.9 Å². The molecule has 1 aliphatic rings. The van der Waals surface area contributed by atoms with Gasteiger partial charge in [-0.05, 0) is 6.42 Å². The molecule has 1 amide bonds. The normalized spacial score (nSPS) is 15.8. The first-order chi connectivity index (χ1) is 7.83. The van der Waals surface area contributed by atoms with E-state index in [9.17, 15) is 4.79 Å². The maximum Gasteiger partial charge on any atom is 0.220 e. The van der Waals surface area contributed by atoms with Gasteiger partial charge in [-0.1, -0.05) is 39.0 Å². The molecule has 1 saturated heterocycles. The molecule has 0 saturated carbocycles. The summed E-state index contributed by atoms with van der Waals surface area (Å²) in [6.45, 7) is 5.22. The van der Waals surface area contributed by atoms with Crippen LogP contribution in [0.3, 0.4) is 0 Å². The van der Waals surface area contributed by atoms with Gasteiger partial charge in [-0.25, -0.2) is 0 Å². The molecule has 0 bridgehead atoms. The lowest BCUT2D eigenvalue weighted by molar-refractivity contribution is -0.121. The maximum absolute atomic E-state index is 11.4. The van der Waals surface area contributed by atoms with E-state index in [-0.39, 0.29) is 5.91 Å². The van der Waals surface area contributed by atoms with Crippen LogP contribution in [0.4, 0.5) is 0 Å². The van der Waals surface area contributed by atoms with Crippen LogP contribution < -0.4 is 10.6 Å². The van der Waals surface area contributed by atoms with E-state index in [4.69, 9.17) is 0 Å². The van der Waals surface area contributed by atoms with E-state index in [0.717, 1.165) is 26.1 Å². The van der Waals surface area contributed by atoms with Gasteiger partial charge < -0.3 is 10.6 Å². The molecule has 0 aromatic heterocycles. The Morgan fingerprint density at radius 1 is 1.19 bits per heavy atom. The molecule has 16 heavy (non-hydrogen) atoms. The highest BCUT2D eigenvalue weighted by molar-refractivity contribution is 5.75. The third kappa shape index (κ3) is 6.11. The summed E-state index contributed by atoms with van der Waals surface area (Å²) in [7, 11) is 0. The maximum atomic E-state index is 11.4. The summed E-state index contributed by atoms with van der Waals surface area (Å²) in [5, 5.41) is 6.21. The van der Waals surface area contributed by atoms with Gasteiger partial charge in [0.05, 0.1) is 0 Å². The molecule has 1 fully saturated rings. The monoisotopic (exact) mass is 226 g/mol. The summed E-state index contributed by atoms with van der Waals surface area (Å²) in [5.74, 6) is 0.913. The van der Waals surface area contributed by atoms with E-state index in [1.54, 1.807) is 0 Å². The molecule has 0 atom stereocenters. The van der Waals surface area contributed by atoms with Crippen molar-refractivity contribution in [1.29, 1.82) is 0 Å². The van der Waals surface area contributed by atoms with Crippen molar-refractivity contribution in [3.8, 4) is 0 Å². The average Bonchev–Trinajstić information content (AvgIpc) is 2.21. The Kier molecular flexibility index (Phi) is 7.23. The fourth-order valence-electron chi connectivity index (χ4n) is 1.91. The van der Waals surface area contributed by atoms with Gasteiger partial charge in [0.2, 0.25) is 5.91 Å². The summed E-state index contributed by atoms with van der Waals surface area (Å²) in [4.78, 5) is 11.4. The van der Waals surface area contributed by atoms with Gasteiger partial charge in [0, 0.05) is 32.0 Å². The molecule has 0 spiro atoms. The Bertz CT molecular complexity index is 190. The van der Waals surface area contributed by atoms with Gasteiger partial charge in [0.25, 0.3) is 0 Å². The second-order valence-corrected chi connectivity index (χ2v) is 4.85. The van der Waals surface area contributed by atoms with E-state index in [1.165, 1.54) is 32.1 Å². The second kappa shape index (κ2) is 8.57. The van der Waals surface area contributed by atoms with Crippen LogP contribution in [-0.4, -0.2) is 25.5 Å². The van der Waals surface area contributed by atoms with Crippen LogP contribution in [0, 0.1) is 5.92 Å². The Morgan fingerprint density at radius 2 is 1.88 bits per heavy atom. The fraction of sp³-hybridized carbons (Fsp3) is 0.923. The Balaban J connectivity index is 1.82. The van der Waals surface area contributed by atoms with Crippen molar-refractivity contribution in [2.24, 2.45) is 5.92 Å². The molecule has 3 nitrogen and oxygen atoms in total. The van der Waals surface area contributed by atoms with Crippen LogP contribution in [0.25, 0.3) is 0 Å².